The molecule has 0 N–H and O–H groups in total. The van der Waals surface area contributed by atoms with Crippen LogP contribution >= 0.6 is 0 Å². The Morgan fingerprint density at radius 2 is 0.385 bits per heavy atom. The molecule has 0 saturated heterocycles. The molecular formula is C133H85N7O3. The lowest BCUT2D eigenvalue weighted by Crippen LogP contribution is -2.00. The molecule has 27 rings (SSSR count). The van der Waals surface area contributed by atoms with Gasteiger partial charge in [0.1, 0.15) is 33.5 Å². The predicted octanol–water partition coefficient (Wildman–Crippen LogP) is 35.5. The molecule has 0 amide bonds. The highest BCUT2D eigenvalue weighted by molar-refractivity contribution is 6.22. The van der Waals surface area contributed by atoms with E-state index < -0.39 is 0 Å². The minimum atomic E-state index is 0.627. The van der Waals surface area contributed by atoms with Crippen LogP contribution < -0.4 is 0 Å². The van der Waals surface area contributed by atoms with Crippen molar-refractivity contribution in [3.05, 3.63) is 516 Å². The zero-order valence-corrected chi connectivity index (χ0v) is 77.4. The van der Waals surface area contributed by atoms with Crippen molar-refractivity contribution in [2.75, 3.05) is 0 Å². The van der Waals surface area contributed by atoms with Gasteiger partial charge in [-0.3, -0.25) is 0 Å². The molecule has 6 aromatic heterocycles. The molecule has 0 aliphatic heterocycles. The standard InChI is InChI=1S/C45H29N3O.2C44H28N2O/c1-3-9-30(10-4-1)32-15-21-35(22-16-32)43-46-44(36-23-17-33(18-24-36)31-11-5-2-6-12-31)48-45(47-43)37-25-19-34(20-26-37)38-27-28-42-40(29-38)39-13-7-8-14-41(39)49-42;1-3-11-29(12-4-1)30-19-23-32(24-20-30)39-28-40(46-44(45-39)34-13-5-2-6-14-34)33-25-21-31(22-26-33)38-27-35-15-7-8-16-36(35)43-42(38)37-17-9-10-18-41(37)47-43;1-3-9-29(10-4-1)30-15-19-33(20-16-30)39-28-40(46-44(45-39)35-12-5-2-6-13-35)34-21-17-31(18-22-34)36-24-25-41-38(27-36)43-37-14-8-7-11-32(37)23-26-42(43)47-41/h1-29H;2*1-28H. The van der Waals surface area contributed by atoms with E-state index in [1.54, 1.807) is 0 Å². The zero-order valence-electron chi connectivity index (χ0n) is 77.4. The first-order valence-electron chi connectivity index (χ1n) is 48.0. The van der Waals surface area contributed by atoms with Gasteiger partial charge in [0, 0.05) is 87.8 Å². The monoisotopic (exact) mass is 1830 g/mol. The summed E-state index contributed by atoms with van der Waals surface area (Å²) in [5, 5.41) is 11.5. The lowest BCUT2D eigenvalue weighted by molar-refractivity contribution is 0.668. The molecule has 670 valence electrons. The quantitative estimate of drug-likeness (QED) is 0.0922. The van der Waals surface area contributed by atoms with Gasteiger partial charge in [-0.2, -0.15) is 0 Å². The van der Waals surface area contributed by atoms with E-state index in [-0.39, 0.29) is 0 Å². The Morgan fingerprint density at radius 1 is 0.126 bits per heavy atom. The van der Waals surface area contributed by atoms with E-state index in [1.807, 2.05) is 91.0 Å². The summed E-state index contributed by atoms with van der Waals surface area (Å²) in [4.78, 5) is 35.1. The molecule has 0 atom stereocenters. The summed E-state index contributed by atoms with van der Waals surface area (Å²) in [6.45, 7) is 0. The molecule has 0 aliphatic carbocycles. The van der Waals surface area contributed by atoms with E-state index in [2.05, 4.69) is 425 Å². The summed E-state index contributed by atoms with van der Waals surface area (Å²) in [6, 6.07) is 179. The smallest absolute Gasteiger partial charge is 0.164 e. The Balaban J connectivity index is 0.000000113. The highest BCUT2D eigenvalue weighted by Crippen LogP contribution is 2.45. The van der Waals surface area contributed by atoms with E-state index >= 15 is 0 Å². The molecule has 0 saturated carbocycles. The number of fused-ring (bicyclic) bond motifs is 13. The van der Waals surface area contributed by atoms with E-state index in [0.29, 0.717) is 29.1 Å². The molecule has 27 aromatic rings. The average Bonchev–Trinajstić information content (AvgIpc) is 1.59. The maximum absolute atomic E-state index is 6.45. The molecule has 21 aromatic carbocycles. The lowest BCUT2D eigenvalue weighted by atomic mass is 9.94. The van der Waals surface area contributed by atoms with Crippen LogP contribution in [0.4, 0.5) is 0 Å². The molecule has 0 unspecified atom stereocenters. The second kappa shape index (κ2) is 37.7. The molecule has 0 spiro atoms. The number of rotatable bonds is 16. The van der Waals surface area contributed by atoms with E-state index in [4.69, 9.17) is 48.1 Å². The van der Waals surface area contributed by atoms with Crippen molar-refractivity contribution in [2.45, 2.75) is 0 Å². The maximum atomic E-state index is 6.45. The van der Waals surface area contributed by atoms with Crippen LogP contribution in [0, 0.1) is 0 Å². The third-order valence-electron chi connectivity index (χ3n) is 26.8. The number of hydrogen-bond acceptors (Lipinski definition) is 10. The fraction of sp³-hybridized carbons (Fsp3) is 0. The van der Waals surface area contributed by atoms with Crippen molar-refractivity contribution < 1.29 is 13.3 Å². The second-order valence-corrected chi connectivity index (χ2v) is 35.7. The van der Waals surface area contributed by atoms with E-state index in [9.17, 15) is 0 Å². The molecule has 0 fully saturated rings. The fourth-order valence-corrected chi connectivity index (χ4v) is 19.4. The van der Waals surface area contributed by atoms with Crippen molar-refractivity contribution in [2.24, 2.45) is 0 Å². The maximum Gasteiger partial charge on any atom is 0.164 e. The Kier molecular flexibility index (Phi) is 22.5. The first-order chi connectivity index (χ1) is 70.8. The van der Waals surface area contributed by atoms with E-state index in [0.717, 1.165) is 194 Å². The summed E-state index contributed by atoms with van der Waals surface area (Å²) in [6.07, 6.45) is 0. The van der Waals surface area contributed by atoms with Crippen LogP contribution in [0.25, 0.3) is 267 Å². The van der Waals surface area contributed by atoms with Gasteiger partial charge in [0.25, 0.3) is 0 Å². The van der Waals surface area contributed by atoms with Gasteiger partial charge in [-0.15, -0.1) is 0 Å². The summed E-state index contributed by atoms with van der Waals surface area (Å²) in [7, 11) is 0. The Bertz CT molecular complexity index is 9250. The lowest BCUT2D eigenvalue weighted by Gasteiger charge is -2.11. The normalized spacial score (nSPS) is 11.4. The van der Waals surface area contributed by atoms with Gasteiger partial charge in [-0.25, -0.2) is 34.9 Å². The van der Waals surface area contributed by atoms with Gasteiger partial charge >= 0.3 is 0 Å². The van der Waals surface area contributed by atoms with Crippen molar-refractivity contribution in [3.63, 3.8) is 0 Å². The first kappa shape index (κ1) is 85.4. The summed E-state index contributed by atoms with van der Waals surface area (Å²) >= 11 is 0. The topological polar surface area (TPSA) is 130 Å². The average molecular weight is 1830 g/mol. The molecule has 0 bridgehead atoms. The number of benzene rings is 21. The van der Waals surface area contributed by atoms with E-state index in [1.165, 1.54) is 44.2 Å². The van der Waals surface area contributed by atoms with Crippen LogP contribution in [-0.4, -0.2) is 34.9 Å². The summed E-state index contributed by atoms with van der Waals surface area (Å²) in [5.41, 5.74) is 34.1. The first-order valence-corrected chi connectivity index (χ1v) is 48.0. The molecule has 0 aliphatic rings. The molecule has 143 heavy (non-hydrogen) atoms. The van der Waals surface area contributed by atoms with Crippen LogP contribution in [0.1, 0.15) is 0 Å². The molecule has 6 heterocycles. The zero-order chi connectivity index (χ0) is 94.9. The fourth-order valence-electron chi connectivity index (χ4n) is 19.4. The predicted molar refractivity (Wildman–Crippen MR) is 588 cm³/mol. The molecule has 0 radical (unpaired) electrons. The van der Waals surface area contributed by atoms with Crippen LogP contribution in [-0.2, 0) is 0 Å². The van der Waals surface area contributed by atoms with Crippen molar-refractivity contribution in [1.29, 1.82) is 0 Å². The van der Waals surface area contributed by atoms with Crippen molar-refractivity contribution >= 4 is 87.4 Å². The van der Waals surface area contributed by atoms with Gasteiger partial charge in [0.15, 0.2) is 29.1 Å². The molecule has 10 nitrogen and oxygen atoms in total. The van der Waals surface area contributed by atoms with Gasteiger partial charge in [0.05, 0.1) is 22.8 Å². The van der Waals surface area contributed by atoms with Crippen LogP contribution in [0.2, 0.25) is 0 Å². The van der Waals surface area contributed by atoms with Crippen LogP contribution in [0.5, 0.6) is 0 Å². The number of furan rings is 3. The SMILES string of the molecule is c1ccc(-c2ccc(-c3cc(-c4ccc(-c5cc6ccccc6c6oc7ccccc7c56)cc4)nc(-c4ccccc4)n3)cc2)cc1.c1ccc(-c2ccc(-c3cc(-c4ccc(-c5ccc6oc7ccc8ccccc8c7c6c5)cc4)nc(-c4ccccc4)n3)cc2)cc1.c1ccc(-c2ccc(-c3nc(-c4ccc(-c5ccccc5)cc4)nc(-c4ccc(-c5ccc6oc7ccccc7c6c5)cc4)n3)cc2)cc1. The highest BCUT2D eigenvalue weighted by atomic mass is 16.3. The molecule has 10 heteroatoms. The second-order valence-electron chi connectivity index (χ2n) is 35.7. The highest BCUT2D eigenvalue weighted by Gasteiger charge is 2.22. The van der Waals surface area contributed by atoms with Crippen LogP contribution in [0.15, 0.2) is 529 Å². The number of para-hydroxylation sites is 2. The molecular weight excluding hydrogens is 1740 g/mol. The minimum absolute atomic E-state index is 0.627. The Hall–Kier alpha value is -19.3. The largest absolute Gasteiger partial charge is 0.456 e. The number of aromatic nitrogens is 7. The number of nitrogens with zero attached hydrogens (tertiary/aromatic N) is 7. The van der Waals surface area contributed by atoms with Gasteiger partial charge in [0.2, 0.25) is 0 Å². The third kappa shape index (κ3) is 17.3. The summed E-state index contributed by atoms with van der Waals surface area (Å²) in [5.74, 6) is 3.30. The number of hydrogen-bond donors (Lipinski definition) is 0. The van der Waals surface area contributed by atoms with Gasteiger partial charge < -0.3 is 13.3 Å². The van der Waals surface area contributed by atoms with Gasteiger partial charge in [-0.1, -0.05) is 455 Å². The van der Waals surface area contributed by atoms with Crippen LogP contribution in [0.3, 0.4) is 0 Å². The van der Waals surface area contributed by atoms with Crippen molar-refractivity contribution in [3.8, 4) is 180 Å². The van der Waals surface area contributed by atoms with Crippen molar-refractivity contribution in [1.82, 2.24) is 34.9 Å². The Labute approximate surface area is 825 Å². The summed E-state index contributed by atoms with van der Waals surface area (Å²) < 4.78 is 18.7. The Morgan fingerprint density at radius 3 is 0.797 bits per heavy atom. The minimum Gasteiger partial charge on any atom is -0.456 e. The van der Waals surface area contributed by atoms with Gasteiger partial charge in [-0.05, 0) is 155 Å². The third-order valence-corrected chi connectivity index (χ3v) is 26.8.